The summed E-state index contributed by atoms with van der Waals surface area (Å²) in [7, 11) is 0. The van der Waals surface area contributed by atoms with Gasteiger partial charge in [0.15, 0.2) is 0 Å². The number of amides is 1. The van der Waals surface area contributed by atoms with Crippen molar-refractivity contribution in [1.29, 1.82) is 0 Å². The van der Waals surface area contributed by atoms with Crippen LogP contribution in [0, 0.1) is 5.92 Å². The molecule has 104 valence electrons. The fraction of sp³-hybridized carbons (Fsp3) is 0.533. The average Bonchev–Trinajstić information content (AvgIpc) is 2.42. The number of hydrogen-bond acceptors (Lipinski definition) is 3. The minimum Gasteiger partial charge on any atom is -0.492 e. The molecule has 1 aromatic carbocycles. The van der Waals surface area contributed by atoms with Gasteiger partial charge in [0.2, 0.25) is 5.91 Å². The maximum Gasteiger partial charge on any atom is 0.228 e. The second-order valence-corrected chi connectivity index (χ2v) is 5.00. The second kappa shape index (κ2) is 6.57. The molecule has 19 heavy (non-hydrogen) atoms. The van der Waals surface area contributed by atoms with E-state index in [-0.39, 0.29) is 11.8 Å². The molecule has 1 aliphatic heterocycles. The molecular weight excluding hydrogens is 240 g/mol. The lowest BCUT2D eigenvalue weighted by Crippen LogP contribution is -2.41. The van der Waals surface area contributed by atoms with Gasteiger partial charge in [-0.25, -0.2) is 0 Å². The van der Waals surface area contributed by atoms with Gasteiger partial charge in [-0.2, -0.15) is 0 Å². The second-order valence-electron chi connectivity index (χ2n) is 5.00. The van der Waals surface area contributed by atoms with Crippen molar-refractivity contribution in [2.45, 2.75) is 32.7 Å². The summed E-state index contributed by atoms with van der Waals surface area (Å²) in [6, 6.07) is 8.08. The molecule has 1 heterocycles. The number of hydrogen-bond donors (Lipinski definition) is 2. The third kappa shape index (κ3) is 3.70. The van der Waals surface area contributed by atoms with Gasteiger partial charge in [-0.15, -0.1) is 0 Å². The van der Waals surface area contributed by atoms with Crippen LogP contribution in [-0.4, -0.2) is 25.1 Å². The van der Waals surface area contributed by atoms with Crippen molar-refractivity contribution in [2.24, 2.45) is 5.92 Å². The van der Waals surface area contributed by atoms with Gasteiger partial charge in [0.25, 0.3) is 0 Å². The molecule has 1 amide bonds. The zero-order valence-electron chi connectivity index (χ0n) is 11.6. The number of carbonyl (C=O) groups is 1. The van der Waals surface area contributed by atoms with Crippen LogP contribution in [0.4, 0.5) is 5.69 Å². The molecule has 0 aromatic heterocycles. The van der Waals surface area contributed by atoms with Crippen molar-refractivity contribution in [3.63, 3.8) is 0 Å². The number of benzene rings is 1. The fourth-order valence-corrected chi connectivity index (χ4v) is 2.31. The van der Waals surface area contributed by atoms with E-state index in [1.54, 1.807) is 0 Å². The van der Waals surface area contributed by atoms with E-state index in [0.29, 0.717) is 12.6 Å². The Balaban J connectivity index is 1.98. The van der Waals surface area contributed by atoms with Crippen molar-refractivity contribution >= 4 is 11.6 Å². The first-order chi connectivity index (χ1) is 9.20. The minimum absolute atomic E-state index is 0.0471. The van der Waals surface area contributed by atoms with Crippen molar-refractivity contribution < 1.29 is 9.53 Å². The van der Waals surface area contributed by atoms with Crippen LogP contribution in [0.2, 0.25) is 0 Å². The van der Waals surface area contributed by atoms with Crippen LogP contribution in [-0.2, 0) is 4.79 Å². The van der Waals surface area contributed by atoms with Crippen LogP contribution in [0.1, 0.15) is 26.7 Å². The highest BCUT2D eigenvalue weighted by molar-refractivity contribution is 5.94. The standard InChI is InChI=1S/C15H22N2O2/c1-3-19-14-7-5-4-6-13(14)17-15(18)12-9-8-11(2)16-10-12/h4-7,11-12,16H,3,8-10H2,1-2H3,(H,17,18). The summed E-state index contributed by atoms with van der Waals surface area (Å²) in [5.74, 6) is 0.855. The van der Waals surface area contributed by atoms with Crippen molar-refractivity contribution in [3.8, 4) is 5.75 Å². The predicted octanol–water partition coefficient (Wildman–Crippen LogP) is 2.41. The largest absolute Gasteiger partial charge is 0.492 e. The van der Waals surface area contributed by atoms with Crippen LogP contribution in [0.15, 0.2) is 24.3 Å². The topological polar surface area (TPSA) is 50.4 Å². The Labute approximate surface area is 114 Å². The SMILES string of the molecule is CCOc1ccccc1NC(=O)C1CCC(C)NC1. The van der Waals surface area contributed by atoms with Gasteiger partial charge >= 0.3 is 0 Å². The zero-order chi connectivity index (χ0) is 13.7. The quantitative estimate of drug-likeness (QED) is 0.876. The fourth-order valence-electron chi connectivity index (χ4n) is 2.31. The van der Waals surface area contributed by atoms with E-state index >= 15 is 0 Å². The van der Waals surface area contributed by atoms with E-state index in [1.165, 1.54) is 0 Å². The molecule has 2 atom stereocenters. The highest BCUT2D eigenvalue weighted by atomic mass is 16.5. The summed E-state index contributed by atoms with van der Waals surface area (Å²) < 4.78 is 5.51. The van der Waals surface area contributed by atoms with Crippen LogP contribution >= 0.6 is 0 Å². The smallest absolute Gasteiger partial charge is 0.228 e. The number of nitrogens with one attached hydrogen (secondary N) is 2. The van der Waals surface area contributed by atoms with Gasteiger partial charge in [0.1, 0.15) is 5.75 Å². The molecule has 2 N–H and O–H groups in total. The molecule has 4 nitrogen and oxygen atoms in total. The van der Waals surface area contributed by atoms with E-state index in [1.807, 2.05) is 31.2 Å². The van der Waals surface area contributed by atoms with Crippen LogP contribution in [0.3, 0.4) is 0 Å². The van der Waals surface area contributed by atoms with Crippen molar-refractivity contribution in [2.75, 3.05) is 18.5 Å². The molecule has 0 aliphatic carbocycles. The summed E-state index contributed by atoms with van der Waals surface area (Å²) in [6.07, 6.45) is 1.99. The van der Waals surface area contributed by atoms with Gasteiger partial charge in [0, 0.05) is 12.6 Å². The maximum absolute atomic E-state index is 12.2. The van der Waals surface area contributed by atoms with E-state index in [9.17, 15) is 4.79 Å². The third-order valence-electron chi connectivity index (χ3n) is 3.48. The van der Waals surface area contributed by atoms with Crippen molar-refractivity contribution in [1.82, 2.24) is 5.32 Å². The van der Waals surface area contributed by atoms with Crippen LogP contribution in [0.5, 0.6) is 5.75 Å². The van der Waals surface area contributed by atoms with E-state index < -0.39 is 0 Å². The Morgan fingerprint density at radius 1 is 1.42 bits per heavy atom. The van der Waals surface area contributed by atoms with E-state index in [0.717, 1.165) is 30.8 Å². The minimum atomic E-state index is 0.0471. The monoisotopic (exact) mass is 262 g/mol. The maximum atomic E-state index is 12.2. The molecular formula is C15H22N2O2. The molecule has 0 bridgehead atoms. The highest BCUT2D eigenvalue weighted by Crippen LogP contribution is 2.25. The lowest BCUT2D eigenvalue weighted by molar-refractivity contribution is -0.120. The number of anilines is 1. The first-order valence-corrected chi connectivity index (χ1v) is 6.96. The Kier molecular flexibility index (Phi) is 4.80. The molecule has 0 spiro atoms. The van der Waals surface area contributed by atoms with Crippen LogP contribution in [0.25, 0.3) is 0 Å². The normalized spacial score (nSPS) is 22.8. The van der Waals surface area contributed by atoms with Gasteiger partial charge < -0.3 is 15.4 Å². The van der Waals surface area contributed by atoms with Gasteiger partial charge in [-0.3, -0.25) is 4.79 Å². The molecule has 2 unspecified atom stereocenters. The zero-order valence-corrected chi connectivity index (χ0v) is 11.6. The molecule has 1 aromatic rings. The molecule has 1 fully saturated rings. The Hall–Kier alpha value is -1.55. The number of rotatable bonds is 4. The number of piperidine rings is 1. The highest BCUT2D eigenvalue weighted by Gasteiger charge is 2.24. The van der Waals surface area contributed by atoms with Crippen molar-refractivity contribution in [3.05, 3.63) is 24.3 Å². The molecule has 0 saturated carbocycles. The summed E-state index contributed by atoms with van der Waals surface area (Å²) >= 11 is 0. The summed E-state index contributed by atoms with van der Waals surface area (Å²) in [6.45, 7) is 5.43. The molecule has 2 rings (SSSR count). The van der Waals surface area contributed by atoms with E-state index in [4.69, 9.17) is 4.74 Å². The lowest BCUT2D eigenvalue weighted by atomic mass is 9.95. The molecule has 4 heteroatoms. The Morgan fingerprint density at radius 3 is 2.89 bits per heavy atom. The first kappa shape index (κ1) is 13.9. The lowest BCUT2D eigenvalue weighted by Gasteiger charge is -2.27. The summed E-state index contributed by atoms with van der Waals surface area (Å²) in [5, 5.41) is 6.32. The Bertz CT molecular complexity index is 426. The van der Waals surface area contributed by atoms with Gasteiger partial charge in [-0.1, -0.05) is 12.1 Å². The number of carbonyl (C=O) groups excluding carboxylic acids is 1. The molecule has 1 saturated heterocycles. The third-order valence-corrected chi connectivity index (χ3v) is 3.48. The first-order valence-electron chi connectivity index (χ1n) is 6.96. The average molecular weight is 262 g/mol. The summed E-state index contributed by atoms with van der Waals surface area (Å²) in [5.41, 5.74) is 0.757. The van der Waals surface area contributed by atoms with Gasteiger partial charge in [-0.05, 0) is 38.8 Å². The number of para-hydroxylation sites is 2. The molecule has 1 aliphatic rings. The number of ether oxygens (including phenoxy) is 1. The molecule has 0 radical (unpaired) electrons. The van der Waals surface area contributed by atoms with E-state index in [2.05, 4.69) is 17.6 Å². The van der Waals surface area contributed by atoms with Gasteiger partial charge in [0.05, 0.1) is 18.2 Å². The summed E-state index contributed by atoms with van der Waals surface area (Å²) in [4.78, 5) is 12.2. The Morgan fingerprint density at radius 2 is 2.21 bits per heavy atom. The predicted molar refractivity (Wildman–Crippen MR) is 76.4 cm³/mol. The van der Waals surface area contributed by atoms with Crippen LogP contribution < -0.4 is 15.4 Å².